The van der Waals surface area contributed by atoms with E-state index >= 15 is 0 Å². The molecule has 0 saturated heterocycles. The van der Waals surface area contributed by atoms with Crippen molar-refractivity contribution in [1.82, 2.24) is 10.2 Å². The summed E-state index contributed by atoms with van der Waals surface area (Å²) in [4.78, 5) is 27.1. The van der Waals surface area contributed by atoms with Crippen molar-refractivity contribution in [3.05, 3.63) is 88.9 Å². The molecule has 2 heterocycles. The maximum Gasteiger partial charge on any atom is 0.290 e. The van der Waals surface area contributed by atoms with Crippen LogP contribution in [0, 0.1) is 6.92 Å². The molecule has 0 saturated carbocycles. The van der Waals surface area contributed by atoms with Gasteiger partial charge >= 0.3 is 0 Å². The van der Waals surface area contributed by atoms with Gasteiger partial charge in [-0.3, -0.25) is 9.59 Å². The molecule has 1 aliphatic heterocycles. The van der Waals surface area contributed by atoms with Crippen LogP contribution in [-0.2, 0) is 11.2 Å². The molecule has 1 aliphatic rings. The van der Waals surface area contributed by atoms with Crippen LogP contribution in [0.5, 0.6) is 5.75 Å². The minimum atomic E-state index is -0.270. The number of hydrogen-bond donors (Lipinski definition) is 1. The predicted octanol–water partition coefficient (Wildman–Crippen LogP) is 4.28. The first-order valence-electron chi connectivity index (χ1n) is 11.0. The highest BCUT2D eigenvalue weighted by atomic mass is 16.5. The summed E-state index contributed by atoms with van der Waals surface area (Å²) >= 11 is 0. The van der Waals surface area contributed by atoms with Gasteiger partial charge in [0.15, 0.2) is 12.4 Å². The third kappa shape index (κ3) is 4.69. The summed E-state index contributed by atoms with van der Waals surface area (Å²) in [5, 5.41) is 2.82. The van der Waals surface area contributed by atoms with Crippen molar-refractivity contribution in [1.29, 1.82) is 0 Å². The van der Waals surface area contributed by atoms with Gasteiger partial charge in [-0.15, -0.1) is 0 Å². The highest BCUT2D eigenvalue weighted by molar-refractivity contribution is 5.92. The van der Waals surface area contributed by atoms with E-state index in [1.807, 2.05) is 55.1 Å². The van der Waals surface area contributed by atoms with Crippen LogP contribution in [0.3, 0.4) is 0 Å². The summed E-state index contributed by atoms with van der Waals surface area (Å²) in [6.07, 6.45) is 3.13. The summed E-state index contributed by atoms with van der Waals surface area (Å²) in [6, 6.07) is 17.2. The van der Waals surface area contributed by atoms with E-state index in [9.17, 15) is 9.59 Å². The molecule has 1 unspecified atom stereocenters. The number of carbonyl (C=O) groups is 2. The number of rotatable bonds is 7. The standard InChI is InChI=1S/C26H28N2O4/c1-3-12-27-24(29)17-32-21-10-9-19-11-13-28(26(30)23-8-5-14-31-23)25(22(19)16-21)20-7-4-6-18(2)15-20/h4-10,14-16,25H,3,11-13,17H2,1-2H3,(H,27,29). The summed E-state index contributed by atoms with van der Waals surface area (Å²) < 4.78 is 11.2. The van der Waals surface area contributed by atoms with Crippen molar-refractivity contribution in [2.24, 2.45) is 0 Å². The molecule has 1 aromatic heterocycles. The van der Waals surface area contributed by atoms with Gasteiger partial charge in [-0.05, 0) is 60.7 Å². The number of nitrogens with zero attached hydrogens (tertiary/aromatic N) is 1. The predicted molar refractivity (Wildman–Crippen MR) is 122 cm³/mol. The number of ether oxygens (including phenoxy) is 1. The van der Waals surface area contributed by atoms with E-state index in [0.717, 1.165) is 29.5 Å². The maximum absolute atomic E-state index is 13.3. The van der Waals surface area contributed by atoms with Crippen LogP contribution in [0.25, 0.3) is 0 Å². The Labute approximate surface area is 188 Å². The topological polar surface area (TPSA) is 71.8 Å². The molecule has 2 aromatic carbocycles. The molecule has 0 aliphatic carbocycles. The molecular weight excluding hydrogens is 404 g/mol. The van der Waals surface area contributed by atoms with Crippen molar-refractivity contribution < 1.29 is 18.7 Å². The molecule has 1 atom stereocenters. The van der Waals surface area contributed by atoms with Crippen molar-refractivity contribution in [2.45, 2.75) is 32.7 Å². The van der Waals surface area contributed by atoms with Crippen molar-refractivity contribution in [3.8, 4) is 5.75 Å². The highest BCUT2D eigenvalue weighted by Crippen LogP contribution is 2.38. The van der Waals surface area contributed by atoms with Gasteiger partial charge in [0, 0.05) is 13.1 Å². The van der Waals surface area contributed by atoms with Crippen molar-refractivity contribution >= 4 is 11.8 Å². The monoisotopic (exact) mass is 432 g/mol. The lowest BCUT2D eigenvalue weighted by molar-refractivity contribution is -0.123. The number of nitrogens with one attached hydrogen (secondary N) is 1. The molecule has 3 aromatic rings. The van der Waals surface area contributed by atoms with Gasteiger partial charge in [0.2, 0.25) is 0 Å². The Balaban J connectivity index is 1.67. The Morgan fingerprint density at radius 3 is 2.78 bits per heavy atom. The smallest absolute Gasteiger partial charge is 0.290 e. The van der Waals surface area contributed by atoms with Crippen LogP contribution < -0.4 is 10.1 Å². The number of carbonyl (C=O) groups excluding carboxylic acids is 2. The minimum Gasteiger partial charge on any atom is -0.484 e. The Morgan fingerprint density at radius 2 is 2.03 bits per heavy atom. The second-order valence-corrected chi connectivity index (χ2v) is 8.04. The van der Waals surface area contributed by atoms with E-state index < -0.39 is 0 Å². The van der Waals surface area contributed by atoms with Gasteiger partial charge in [0.1, 0.15) is 5.75 Å². The SMILES string of the molecule is CCCNC(=O)COc1ccc2c(c1)C(c1cccc(C)c1)N(C(=O)c1ccco1)CC2. The van der Waals surface area contributed by atoms with Crippen LogP contribution >= 0.6 is 0 Å². The largest absolute Gasteiger partial charge is 0.484 e. The summed E-state index contributed by atoms with van der Waals surface area (Å²) in [5.41, 5.74) is 4.33. The lowest BCUT2D eigenvalue weighted by atomic mass is 9.87. The van der Waals surface area contributed by atoms with Crippen LogP contribution in [0.15, 0.2) is 65.3 Å². The number of aryl methyl sites for hydroxylation is 1. The fourth-order valence-electron chi connectivity index (χ4n) is 4.11. The van der Waals surface area contributed by atoms with Gasteiger partial charge in [0.05, 0.1) is 12.3 Å². The van der Waals surface area contributed by atoms with Gasteiger partial charge < -0.3 is 19.4 Å². The number of furan rings is 1. The third-order valence-corrected chi connectivity index (χ3v) is 5.64. The molecule has 6 heteroatoms. The maximum atomic E-state index is 13.3. The zero-order valence-electron chi connectivity index (χ0n) is 18.5. The van der Waals surface area contributed by atoms with Gasteiger partial charge in [-0.2, -0.15) is 0 Å². The van der Waals surface area contributed by atoms with Crippen molar-refractivity contribution in [2.75, 3.05) is 19.7 Å². The van der Waals surface area contributed by atoms with E-state index in [1.165, 1.54) is 11.8 Å². The van der Waals surface area contributed by atoms with Gasteiger partial charge in [0.25, 0.3) is 11.8 Å². The molecule has 32 heavy (non-hydrogen) atoms. The van der Waals surface area contributed by atoms with E-state index in [4.69, 9.17) is 9.15 Å². The second-order valence-electron chi connectivity index (χ2n) is 8.04. The van der Waals surface area contributed by atoms with Crippen LogP contribution in [-0.4, -0.2) is 36.4 Å². The van der Waals surface area contributed by atoms with Crippen LogP contribution in [0.1, 0.15) is 52.2 Å². The molecule has 166 valence electrons. The average molecular weight is 433 g/mol. The number of amides is 2. The zero-order valence-corrected chi connectivity index (χ0v) is 18.5. The van der Waals surface area contributed by atoms with E-state index in [-0.39, 0.29) is 24.5 Å². The van der Waals surface area contributed by atoms with E-state index in [1.54, 1.807) is 12.1 Å². The lowest BCUT2D eigenvalue weighted by Crippen LogP contribution is -2.40. The molecule has 2 amide bonds. The molecule has 0 spiro atoms. The van der Waals surface area contributed by atoms with Crippen LogP contribution in [0.4, 0.5) is 0 Å². The molecule has 6 nitrogen and oxygen atoms in total. The Kier molecular flexibility index (Phi) is 6.59. The Hall–Kier alpha value is -3.54. The first-order chi connectivity index (χ1) is 15.6. The Morgan fingerprint density at radius 1 is 1.16 bits per heavy atom. The number of fused-ring (bicyclic) bond motifs is 1. The van der Waals surface area contributed by atoms with E-state index in [2.05, 4.69) is 11.4 Å². The van der Waals surface area contributed by atoms with Crippen LogP contribution in [0.2, 0.25) is 0 Å². The number of benzene rings is 2. The van der Waals surface area contributed by atoms with Gasteiger partial charge in [-0.25, -0.2) is 0 Å². The first kappa shape index (κ1) is 21.7. The quantitative estimate of drug-likeness (QED) is 0.605. The molecule has 0 bridgehead atoms. The average Bonchev–Trinajstić information content (AvgIpc) is 3.35. The van der Waals surface area contributed by atoms with Gasteiger partial charge in [-0.1, -0.05) is 42.8 Å². The fraction of sp³-hybridized carbons (Fsp3) is 0.308. The van der Waals surface area contributed by atoms with Crippen molar-refractivity contribution in [3.63, 3.8) is 0 Å². The van der Waals surface area contributed by atoms with E-state index in [0.29, 0.717) is 24.6 Å². The molecule has 0 fully saturated rings. The summed E-state index contributed by atoms with van der Waals surface area (Å²) in [5.74, 6) is 0.651. The molecule has 0 radical (unpaired) electrons. The Bertz CT molecular complexity index is 1090. The lowest BCUT2D eigenvalue weighted by Gasteiger charge is -2.37. The second kappa shape index (κ2) is 9.73. The summed E-state index contributed by atoms with van der Waals surface area (Å²) in [7, 11) is 0. The fourth-order valence-corrected chi connectivity index (χ4v) is 4.11. The first-order valence-corrected chi connectivity index (χ1v) is 11.0. The molecule has 4 rings (SSSR count). The third-order valence-electron chi connectivity index (χ3n) is 5.64. The molecule has 1 N–H and O–H groups in total. The zero-order chi connectivity index (χ0) is 22.5. The molecular formula is C26H28N2O4. The highest BCUT2D eigenvalue weighted by Gasteiger charge is 2.34. The minimum absolute atomic E-state index is 0.0388. The normalized spacial score (nSPS) is 15.2. The summed E-state index contributed by atoms with van der Waals surface area (Å²) in [6.45, 7) is 5.23. The number of hydrogen-bond acceptors (Lipinski definition) is 4.